The lowest BCUT2D eigenvalue weighted by Gasteiger charge is -2.29. The van der Waals surface area contributed by atoms with Crippen molar-refractivity contribution >= 4 is 17.7 Å². The maximum atomic E-state index is 13.0. The standard InChI is InChI=1S/C27H24N6O3/c1-31-25(20-12-29-32(15-20)14-17-5-3-2-4-6-17)22(13-28-31)18-7-8-21-19(11-18)16-33(27(21)36)23-9-10-24(34)30-26(23)35/h2-8,11-13,15,23H,9-10,14,16H2,1H3,(H,30,34,35). The van der Waals surface area contributed by atoms with E-state index in [2.05, 4.69) is 27.6 Å². The number of amides is 3. The number of aryl methyl sites for hydroxylation is 1. The molecule has 1 atom stereocenters. The second-order valence-electron chi connectivity index (χ2n) is 9.21. The molecule has 2 aromatic carbocycles. The number of carbonyl (C=O) groups excluding carboxylic acids is 3. The van der Waals surface area contributed by atoms with Crippen LogP contribution in [0.4, 0.5) is 0 Å². The van der Waals surface area contributed by atoms with Gasteiger partial charge in [-0.25, -0.2) is 0 Å². The summed E-state index contributed by atoms with van der Waals surface area (Å²) < 4.78 is 3.73. The highest BCUT2D eigenvalue weighted by Crippen LogP contribution is 2.35. The lowest BCUT2D eigenvalue weighted by atomic mass is 9.99. The largest absolute Gasteiger partial charge is 0.322 e. The highest BCUT2D eigenvalue weighted by Gasteiger charge is 2.39. The Morgan fingerprint density at radius 1 is 0.972 bits per heavy atom. The van der Waals surface area contributed by atoms with E-state index in [1.807, 2.05) is 71.4 Å². The molecule has 1 N–H and O–H groups in total. The van der Waals surface area contributed by atoms with Crippen LogP contribution >= 0.6 is 0 Å². The second-order valence-corrected chi connectivity index (χ2v) is 9.21. The van der Waals surface area contributed by atoms with E-state index < -0.39 is 11.9 Å². The number of aromatic nitrogens is 4. The number of nitrogens with one attached hydrogen (secondary N) is 1. The number of hydrogen-bond acceptors (Lipinski definition) is 5. The third-order valence-corrected chi connectivity index (χ3v) is 6.87. The number of rotatable bonds is 5. The first-order chi connectivity index (χ1) is 17.5. The van der Waals surface area contributed by atoms with Crippen LogP contribution < -0.4 is 5.32 Å². The first kappa shape index (κ1) is 22.0. The molecule has 36 heavy (non-hydrogen) atoms. The zero-order valence-electron chi connectivity index (χ0n) is 19.7. The van der Waals surface area contributed by atoms with Crippen molar-refractivity contribution in [1.82, 2.24) is 29.8 Å². The Hall–Kier alpha value is -4.53. The predicted octanol–water partition coefficient (Wildman–Crippen LogP) is 2.76. The van der Waals surface area contributed by atoms with E-state index in [4.69, 9.17) is 0 Å². The van der Waals surface area contributed by atoms with Crippen molar-refractivity contribution in [1.29, 1.82) is 0 Å². The highest BCUT2D eigenvalue weighted by atomic mass is 16.2. The zero-order chi connectivity index (χ0) is 24.8. The van der Waals surface area contributed by atoms with Gasteiger partial charge in [-0.3, -0.25) is 29.1 Å². The fourth-order valence-corrected chi connectivity index (χ4v) is 5.08. The summed E-state index contributed by atoms with van der Waals surface area (Å²) in [5.41, 5.74) is 6.36. The number of hydrogen-bond donors (Lipinski definition) is 1. The van der Waals surface area contributed by atoms with Gasteiger partial charge in [-0.05, 0) is 35.2 Å². The summed E-state index contributed by atoms with van der Waals surface area (Å²) in [6.45, 7) is 1.00. The molecule has 9 heteroatoms. The van der Waals surface area contributed by atoms with E-state index in [0.717, 1.165) is 27.9 Å². The van der Waals surface area contributed by atoms with Gasteiger partial charge in [0.15, 0.2) is 0 Å². The molecule has 180 valence electrons. The minimum absolute atomic E-state index is 0.181. The maximum Gasteiger partial charge on any atom is 0.255 e. The lowest BCUT2D eigenvalue weighted by Crippen LogP contribution is -2.52. The summed E-state index contributed by atoms with van der Waals surface area (Å²) in [7, 11) is 1.90. The van der Waals surface area contributed by atoms with Crippen LogP contribution in [-0.2, 0) is 29.7 Å². The number of imide groups is 1. The first-order valence-corrected chi connectivity index (χ1v) is 11.8. The fourth-order valence-electron chi connectivity index (χ4n) is 5.08. The fraction of sp³-hybridized carbons (Fsp3) is 0.222. The molecule has 0 radical (unpaired) electrons. The molecule has 4 aromatic rings. The monoisotopic (exact) mass is 480 g/mol. The molecule has 1 saturated heterocycles. The summed E-state index contributed by atoms with van der Waals surface area (Å²) in [5.74, 6) is -0.881. The topological polar surface area (TPSA) is 102 Å². The quantitative estimate of drug-likeness (QED) is 0.443. The predicted molar refractivity (Wildman–Crippen MR) is 131 cm³/mol. The van der Waals surface area contributed by atoms with Crippen LogP contribution in [0.15, 0.2) is 67.1 Å². The van der Waals surface area contributed by atoms with Crippen LogP contribution in [0, 0.1) is 0 Å². The van der Waals surface area contributed by atoms with Crippen molar-refractivity contribution in [3.05, 3.63) is 83.8 Å². The van der Waals surface area contributed by atoms with E-state index in [1.54, 1.807) is 4.90 Å². The van der Waals surface area contributed by atoms with Crippen LogP contribution in [-0.4, -0.2) is 48.2 Å². The number of benzene rings is 2. The molecule has 1 unspecified atom stereocenters. The van der Waals surface area contributed by atoms with Gasteiger partial charge in [0.05, 0.1) is 24.6 Å². The van der Waals surface area contributed by atoms with Crippen LogP contribution in [0.5, 0.6) is 0 Å². The summed E-state index contributed by atoms with van der Waals surface area (Å²) in [4.78, 5) is 38.5. The number of piperidine rings is 1. The lowest BCUT2D eigenvalue weighted by molar-refractivity contribution is -0.136. The van der Waals surface area contributed by atoms with Gasteiger partial charge in [0.2, 0.25) is 11.8 Å². The number of nitrogens with zero attached hydrogens (tertiary/aromatic N) is 5. The maximum absolute atomic E-state index is 13.0. The number of fused-ring (bicyclic) bond motifs is 1. The van der Waals surface area contributed by atoms with Crippen molar-refractivity contribution in [3.8, 4) is 22.4 Å². The third-order valence-electron chi connectivity index (χ3n) is 6.87. The Morgan fingerprint density at radius 2 is 1.81 bits per heavy atom. The van der Waals surface area contributed by atoms with Crippen molar-refractivity contribution in [2.75, 3.05) is 0 Å². The smallest absolute Gasteiger partial charge is 0.255 e. The van der Waals surface area contributed by atoms with Gasteiger partial charge in [-0.2, -0.15) is 10.2 Å². The van der Waals surface area contributed by atoms with Crippen molar-refractivity contribution < 1.29 is 14.4 Å². The van der Waals surface area contributed by atoms with Crippen molar-refractivity contribution in [2.45, 2.75) is 32.0 Å². The van der Waals surface area contributed by atoms with Crippen molar-refractivity contribution in [3.63, 3.8) is 0 Å². The van der Waals surface area contributed by atoms with Gasteiger partial charge in [0.1, 0.15) is 6.04 Å². The molecule has 3 amide bonds. The molecular formula is C27H24N6O3. The van der Waals surface area contributed by atoms with Gasteiger partial charge in [-0.15, -0.1) is 0 Å². The van der Waals surface area contributed by atoms with Crippen molar-refractivity contribution in [2.24, 2.45) is 7.05 Å². The average Bonchev–Trinajstić information content (AvgIpc) is 3.57. The highest BCUT2D eigenvalue weighted by molar-refractivity contribution is 6.05. The molecular weight excluding hydrogens is 456 g/mol. The van der Waals surface area contributed by atoms with Gasteiger partial charge >= 0.3 is 0 Å². The van der Waals surface area contributed by atoms with E-state index in [-0.39, 0.29) is 18.2 Å². The normalized spacial score (nSPS) is 17.4. The van der Waals surface area contributed by atoms with Crippen LogP contribution in [0.25, 0.3) is 22.4 Å². The molecule has 4 heterocycles. The Labute approximate surface area is 207 Å². The molecule has 0 saturated carbocycles. The summed E-state index contributed by atoms with van der Waals surface area (Å²) in [5, 5.41) is 11.4. The Balaban J connectivity index is 1.28. The molecule has 1 fully saturated rings. The van der Waals surface area contributed by atoms with Gasteiger partial charge < -0.3 is 4.90 Å². The minimum atomic E-state index is -0.629. The van der Waals surface area contributed by atoms with Crippen LogP contribution in [0.3, 0.4) is 0 Å². The van der Waals surface area contributed by atoms with Crippen LogP contribution in [0.1, 0.15) is 34.3 Å². The van der Waals surface area contributed by atoms with Gasteiger partial charge in [0.25, 0.3) is 5.91 Å². The molecule has 9 nitrogen and oxygen atoms in total. The Morgan fingerprint density at radius 3 is 2.61 bits per heavy atom. The summed E-state index contributed by atoms with van der Waals surface area (Å²) >= 11 is 0. The second kappa shape index (κ2) is 8.60. The minimum Gasteiger partial charge on any atom is -0.322 e. The molecule has 2 aromatic heterocycles. The van der Waals surface area contributed by atoms with Crippen LogP contribution in [0.2, 0.25) is 0 Å². The molecule has 0 aliphatic carbocycles. The molecule has 6 rings (SSSR count). The van der Waals surface area contributed by atoms with E-state index >= 15 is 0 Å². The van der Waals surface area contributed by atoms with Gasteiger partial charge in [0, 0.05) is 42.9 Å². The SMILES string of the molecule is Cn1ncc(-c2ccc3c(c2)CN(C2CCC(=O)NC2=O)C3=O)c1-c1cnn(Cc2ccccc2)c1. The van der Waals surface area contributed by atoms with E-state index in [9.17, 15) is 14.4 Å². The molecule has 0 spiro atoms. The third kappa shape index (κ3) is 3.78. The molecule has 0 bridgehead atoms. The van der Waals surface area contributed by atoms with E-state index in [1.165, 1.54) is 5.56 Å². The Bertz CT molecular complexity index is 1500. The number of carbonyl (C=O) groups is 3. The zero-order valence-corrected chi connectivity index (χ0v) is 19.7. The van der Waals surface area contributed by atoms with Gasteiger partial charge in [-0.1, -0.05) is 36.4 Å². The summed E-state index contributed by atoms with van der Waals surface area (Å²) in [6, 6.07) is 15.3. The average molecular weight is 481 g/mol. The molecule has 2 aliphatic heterocycles. The summed E-state index contributed by atoms with van der Waals surface area (Å²) in [6.07, 6.45) is 6.25. The Kier molecular flexibility index (Phi) is 5.25. The molecule has 2 aliphatic rings. The van der Waals surface area contributed by atoms with E-state index in [0.29, 0.717) is 25.1 Å². The first-order valence-electron chi connectivity index (χ1n) is 11.8.